The van der Waals surface area contributed by atoms with Gasteiger partial charge in [-0.1, -0.05) is 5.92 Å². The van der Waals surface area contributed by atoms with Gasteiger partial charge >= 0.3 is 0 Å². The van der Waals surface area contributed by atoms with Crippen molar-refractivity contribution in [3.63, 3.8) is 0 Å². The molecule has 1 heterocycles. The lowest BCUT2D eigenvalue weighted by Crippen LogP contribution is -2.23. The molecule has 13 heavy (non-hydrogen) atoms. The Morgan fingerprint density at radius 3 is 3.08 bits per heavy atom. The fourth-order valence-electron chi connectivity index (χ4n) is 0.850. The summed E-state index contributed by atoms with van der Waals surface area (Å²) >= 11 is 0. The standard InChI is InChI=1S/C9H11N3O/c1-2-3-4-11-9(13)8-5-7(10)6-12-8/h5-6,12H,4,10H2,1H3,(H,11,13). The summed E-state index contributed by atoms with van der Waals surface area (Å²) in [5.74, 6) is 5.21. The minimum absolute atomic E-state index is 0.195. The van der Waals surface area contributed by atoms with E-state index in [9.17, 15) is 4.79 Å². The lowest BCUT2D eigenvalue weighted by Gasteiger charge is -1.96. The second-order valence-corrected chi connectivity index (χ2v) is 2.46. The lowest BCUT2D eigenvalue weighted by atomic mass is 10.4. The van der Waals surface area contributed by atoms with Crippen LogP contribution in [0.15, 0.2) is 12.3 Å². The second-order valence-electron chi connectivity index (χ2n) is 2.46. The van der Waals surface area contributed by atoms with Gasteiger partial charge in [0.1, 0.15) is 5.69 Å². The highest BCUT2D eigenvalue weighted by Gasteiger charge is 2.04. The topological polar surface area (TPSA) is 70.9 Å². The van der Waals surface area contributed by atoms with Crippen molar-refractivity contribution < 1.29 is 4.79 Å². The van der Waals surface area contributed by atoms with Crippen LogP contribution in [0.5, 0.6) is 0 Å². The SMILES string of the molecule is CC#CCNC(=O)c1cc(N)c[nH]1. The Hall–Kier alpha value is -1.89. The number of rotatable bonds is 2. The van der Waals surface area contributed by atoms with Gasteiger partial charge in [-0.05, 0) is 13.0 Å². The number of hydrogen-bond acceptors (Lipinski definition) is 2. The number of hydrogen-bond donors (Lipinski definition) is 3. The number of H-pyrrole nitrogens is 1. The largest absolute Gasteiger partial charge is 0.397 e. The van der Waals surface area contributed by atoms with Crippen LogP contribution < -0.4 is 11.1 Å². The lowest BCUT2D eigenvalue weighted by molar-refractivity contribution is 0.0954. The predicted molar refractivity (Wildman–Crippen MR) is 51.0 cm³/mol. The summed E-state index contributed by atoms with van der Waals surface area (Å²) < 4.78 is 0. The van der Waals surface area contributed by atoms with E-state index < -0.39 is 0 Å². The zero-order chi connectivity index (χ0) is 9.68. The molecule has 1 rings (SSSR count). The van der Waals surface area contributed by atoms with Gasteiger partial charge in [0.25, 0.3) is 5.91 Å². The van der Waals surface area contributed by atoms with E-state index in [0.717, 1.165) is 0 Å². The molecule has 0 radical (unpaired) electrons. The van der Waals surface area contributed by atoms with Gasteiger partial charge in [-0.2, -0.15) is 0 Å². The third-order valence-corrected chi connectivity index (χ3v) is 1.46. The van der Waals surface area contributed by atoms with Gasteiger partial charge < -0.3 is 16.0 Å². The van der Waals surface area contributed by atoms with Crippen molar-refractivity contribution in [2.45, 2.75) is 6.92 Å². The summed E-state index contributed by atoms with van der Waals surface area (Å²) in [6, 6.07) is 1.58. The highest BCUT2D eigenvalue weighted by Crippen LogP contribution is 2.03. The number of nitrogens with two attached hydrogens (primary N) is 1. The Morgan fingerprint density at radius 2 is 2.54 bits per heavy atom. The molecule has 0 bridgehead atoms. The van der Waals surface area contributed by atoms with Crippen LogP contribution in [-0.2, 0) is 0 Å². The van der Waals surface area contributed by atoms with Crippen molar-refractivity contribution in [1.82, 2.24) is 10.3 Å². The van der Waals surface area contributed by atoms with E-state index in [0.29, 0.717) is 17.9 Å². The molecule has 4 heteroatoms. The van der Waals surface area contributed by atoms with Crippen LogP contribution in [0, 0.1) is 11.8 Å². The van der Waals surface area contributed by atoms with Crippen LogP contribution in [0.2, 0.25) is 0 Å². The molecule has 0 aliphatic carbocycles. The molecule has 68 valence electrons. The zero-order valence-electron chi connectivity index (χ0n) is 7.35. The molecule has 4 N–H and O–H groups in total. The predicted octanol–water partition coefficient (Wildman–Crippen LogP) is 0.350. The molecule has 0 spiro atoms. The second kappa shape index (κ2) is 4.21. The molecular weight excluding hydrogens is 166 g/mol. The number of anilines is 1. The van der Waals surface area contributed by atoms with Crippen LogP contribution in [-0.4, -0.2) is 17.4 Å². The Kier molecular flexibility index (Phi) is 2.98. The van der Waals surface area contributed by atoms with Gasteiger partial charge in [0, 0.05) is 11.9 Å². The third-order valence-electron chi connectivity index (χ3n) is 1.46. The van der Waals surface area contributed by atoms with E-state index in [1.807, 2.05) is 0 Å². The summed E-state index contributed by atoms with van der Waals surface area (Å²) in [5.41, 5.74) is 6.43. The van der Waals surface area contributed by atoms with E-state index in [4.69, 9.17) is 5.73 Å². The molecule has 1 amide bonds. The first-order valence-electron chi connectivity index (χ1n) is 3.85. The highest BCUT2D eigenvalue weighted by molar-refractivity contribution is 5.93. The van der Waals surface area contributed by atoms with E-state index in [1.54, 1.807) is 19.2 Å². The van der Waals surface area contributed by atoms with Crippen molar-refractivity contribution in [2.75, 3.05) is 12.3 Å². The fraction of sp³-hybridized carbons (Fsp3) is 0.222. The smallest absolute Gasteiger partial charge is 0.268 e. The van der Waals surface area contributed by atoms with Gasteiger partial charge in [0.15, 0.2) is 0 Å². The van der Waals surface area contributed by atoms with Crippen LogP contribution in [0.25, 0.3) is 0 Å². The average molecular weight is 177 g/mol. The Labute approximate surface area is 76.5 Å². The first kappa shape index (κ1) is 9.20. The quantitative estimate of drug-likeness (QED) is 0.570. The average Bonchev–Trinajstić information content (AvgIpc) is 2.52. The molecule has 0 aromatic carbocycles. The number of nitrogen functional groups attached to an aromatic ring is 1. The number of nitrogens with one attached hydrogen (secondary N) is 2. The minimum Gasteiger partial charge on any atom is -0.397 e. The maximum Gasteiger partial charge on any atom is 0.268 e. The van der Waals surface area contributed by atoms with E-state index in [-0.39, 0.29) is 5.91 Å². The molecule has 0 aliphatic rings. The molecule has 1 aromatic rings. The molecule has 0 atom stereocenters. The van der Waals surface area contributed by atoms with Crippen LogP contribution >= 0.6 is 0 Å². The molecule has 0 saturated carbocycles. The van der Waals surface area contributed by atoms with Crippen LogP contribution in [0.4, 0.5) is 5.69 Å². The van der Waals surface area contributed by atoms with Crippen molar-refractivity contribution >= 4 is 11.6 Å². The molecule has 0 unspecified atom stereocenters. The van der Waals surface area contributed by atoms with E-state index in [1.165, 1.54) is 0 Å². The monoisotopic (exact) mass is 177 g/mol. The summed E-state index contributed by atoms with van der Waals surface area (Å²) in [6.45, 7) is 2.08. The number of aromatic amines is 1. The fourth-order valence-corrected chi connectivity index (χ4v) is 0.850. The molecule has 1 aromatic heterocycles. The minimum atomic E-state index is -0.195. The van der Waals surface area contributed by atoms with Gasteiger partial charge in [0.05, 0.1) is 6.54 Å². The number of amides is 1. The van der Waals surface area contributed by atoms with Gasteiger partial charge in [-0.15, -0.1) is 5.92 Å². The molecule has 0 saturated heterocycles. The molecular formula is C9H11N3O. The van der Waals surface area contributed by atoms with Crippen molar-refractivity contribution in [2.24, 2.45) is 0 Å². The summed E-state index contributed by atoms with van der Waals surface area (Å²) in [4.78, 5) is 14.0. The maximum atomic E-state index is 11.3. The van der Waals surface area contributed by atoms with Gasteiger partial charge in [-0.25, -0.2) is 0 Å². The van der Waals surface area contributed by atoms with E-state index in [2.05, 4.69) is 22.1 Å². The first-order chi connectivity index (χ1) is 6.24. The van der Waals surface area contributed by atoms with Gasteiger partial charge in [-0.3, -0.25) is 4.79 Å². The van der Waals surface area contributed by atoms with Crippen LogP contribution in [0.1, 0.15) is 17.4 Å². The zero-order valence-corrected chi connectivity index (χ0v) is 7.35. The molecule has 0 aliphatic heterocycles. The Morgan fingerprint density at radius 1 is 1.77 bits per heavy atom. The number of aromatic nitrogens is 1. The maximum absolute atomic E-state index is 11.3. The van der Waals surface area contributed by atoms with Crippen molar-refractivity contribution in [3.05, 3.63) is 18.0 Å². The highest BCUT2D eigenvalue weighted by atomic mass is 16.1. The van der Waals surface area contributed by atoms with Crippen LogP contribution in [0.3, 0.4) is 0 Å². The molecule has 4 nitrogen and oxygen atoms in total. The summed E-state index contributed by atoms with van der Waals surface area (Å²) in [5, 5.41) is 2.61. The first-order valence-corrected chi connectivity index (χ1v) is 3.85. The van der Waals surface area contributed by atoms with Crippen molar-refractivity contribution in [3.8, 4) is 11.8 Å². The number of carbonyl (C=O) groups is 1. The van der Waals surface area contributed by atoms with Crippen molar-refractivity contribution in [1.29, 1.82) is 0 Å². The number of carbonyl (C=O) groups excluding carboxylic acids is 1. The molecule has 0 fully saturated rings. The summed E-state index contributed by atoms with van der Waals surface area (Å²) in [7, 11) is 0. The third kappa shape index (κ3) is 2.56. The summed E-state index contributed by atoms with van der Waals surface area (Å²) in [6.07, 6.45) is 1.57. The normalized spacial score (nSPS) is 8.69. The Bertz CT molecular complexity index is 356. The Balaban J connectivity index is 2.52. The van der Waals surface area contributed by atoms with Gasteiger partial charge in [0.2, 0.25) is 0 Å². The van der Waals surface area contributed by atoms with E-state index >= 15 is 0 Å².